The van der Waals surface area contributed by atoms with Crippen molar-refractivity contribution < 1.29 is 9.53 Å². The lowest BCUT2D eigenvalue weighted by atomic mass is 9.91. The second-order valence-corrected chi connectivity index (χ2v) is 5.65. The van der Waals surface area contributed by atoms with Crippen LogP contribution in [0, 0.1) is 5.41 Å². The van der Waals surface area contributed by atoms with Gasteiger partial charge in [0.1, 0.15) is 12.4 Å². The van der Waals surface area contributed by atoms with Gasteiger partial charge in [0, 0.05) is 5.41 Å². The first-order chi connectivity index (χ1) is 7.82. The zero-order chi connectivity index (χ0) is 13.1. The summed E-state index contributed by atoms with van der Waals surface area (Å²) in [5.41, 5.74) is 0.807. The summed E-state index contributed by atoms with van der Waals surface area (Å²) in [6.45, 7) is 10.1. The first kappa shape index (κ1) is 13.8. The van der Waals surface area contributed by atoms with E-state index in [1.165, 1.54) is 0 Å². The normalized spacial score (nSPS) is 11.6. The number of para-hydroxylation sites is 1. The van der Waals surface area contributed by atoms with Crippen LogP contribution < -0.4 is 4.74 Å². The van der Waals surface area contributed by atoms with E-state index < -0.39 is 0 Å². The van der Waals surface area contributed by atoms with Crippen LogP contribution in [0.5, 0.6) is 5.75 Å². The molecule has 1 rings (SSSR count). The second kappa shape index (κ2) is 5.35. The van der Waals surface area contributed by atoms with E-state index in [0.29, 0.717) is 5.92 Å². The number of ether oxygens (including phenoxy) is 1. The van der Waals surface area contributed by atoms with Crippen molar-refractivity contribution in [2.45, 2.75) is 40.5 Å². The molecule has 0 bridgehead atoms. The first-order valence-corrected chi connectivity index (χ1v) is 6.07. The summed E-state index contributed by atoms with van der Waals surface area (Å²) in [6.07, 6.45) is 0. The average Bonchev–Trinajstić information content (AvgIpc) is 2.24. The number of benzene rings is 1. The molecule has 1 aromatic rings. The van der Waals surface area contributed by atoms with Crippen LogP contribution in [0.3, 0.4) is 0 Å². The average molecular weight is 234 g/mol. The first-order valence-electron chi connectivity index (χ1n) is 6.07. The van der Waals surface area contributed by atoms with Gasteiger partial charge in [-0.25, -0.2) is 0 Å². The van der Waals surface area contributed by atoms with Crippen LogP contribution in [0.1, 0.15) is 46.1 Å². The van der Waals surface area contributed by atoms with Gasteiger partial charge in [-0.3, -0.25) is 4.79 Å². The van der Waals surface area contributed by atoms with Crippen LogP contribution in [0.4, 0.5) is 0 Å². The molecule has 0 aliphatic carbocycles. The van der Waals surface area contributed by atoms with Crippen LogP contribution >= 0.6 is 0 Å². The number of carbonyl (C=O) groups is 1. The van der Waals surface area contributed by atoms with Gasteiger partial charge >= 0.3 is 0 Å². The molecule has 0 amide bonds. The SMILES string of the molecule is CC(C)c1ccccc1OCC(=O)C(C)(C)C. The van der Waals surface area contributed by atoms with Gasteiger partial charge in [-0.2, -0.15) is 0 Å². The molecule has 0 unspecified atom stereocenters. The summed E-state index contributed by atoms with van der Waals surface area (Å²) in [5, 5.41) is 0. The van der Waals surface area contributed by atoms with E-state index in [1.54, 1.807) is 0 Å². The molecule has 0 atom stereocenters. The van der Waals surface area contributed by atoms with E-state index in [4.69, 9.17) is 4.74 Å². The molecule has 0 saturated heterocycles. The third kappa shape index (κ3) is 3.88. The molecule has 0 spiro atoms. The lowest BCUT2D eigenvalue weighted by Gasteiger charge is -2.18. The molecule has 0 fully saturated rings. The van der Waals surface area contributed by atoms with Gasteiger partial charge in [0.25, 0.3) is 0 Å². The van der Waals surface area contributed by atoms with Gasteiger partial charge < -0.3 is 4.74 Å². The maximum absolute atomic E-state index is 11.8. The van der Waals surface area contributed by atoms with E-state index in [0.717, 1.165) is 11.3 Å². The fourth-order valence-electron chi connectivity index (χ4n) is 1.45. The molecule has 0 heterocycles. The summed E-state index contributed by atoms with van der Waals surface area (Å²) in [7, 11) is 0. The van der Waals surface area contributed by atoms with Crippen LogP contribution in [0.25, 0.3) is 0 Å². The summed E-state index contributed by atoms with van der Waals surface area (Å²) in [6, 6.07) is 7.89. The minimum Gasteiger partial charge on any atom is -0.486 e. The Hall–Kier alpha value is -1.31. The van der Waals surface area contributed by atoms with Gasteiger partial charge in [0.15, 0.2) is 5.78 Å². The van der Waals surface area contributed by atoms with Crippen molar-refractivity contribution in [2.75, 3.05) is 6.61 Å². The number of hydrogen-bond acceptors (Lipinski definition) is 2. The Labute approximate surface area is 104 Å². The van der Waals surface area contributed by atoms with Gasteiger partial charge in [0.05, 0.1) is 0 Å². The van der Waals surface area contributed by atoms with E-state index in [-0.39, 0.29) is 17.8 Å². The highest BCUT2D eigenvalue weighted by Gasteiger charge is 2.21. The van der Waals surface area contributed by atoms with Crippen molar-refractivity contribution >= 4 is 5.78 Å². The zero-order valence-electron chi connectivity index (χ0n) is 11.4. The Morgan fingerprint density at radius 2 is 1.82 bits per heavy atom. The van der Waals surface area contributed by atoms with E-state index in [9.17, 15) is 4.79 Å². The predicted octanol–water partition coefficient (Wildman–Crippen LogP) is 3.80. The molecule has 1 aromatic carbocycles. The number of ketones is 1. The highest BCUT2D eigenvalue weighted by molar-refractivity contribution is 5.85. The molecule has 0 aliphatic rings. The largest absolute Gasteiger partial charge is 0.486 e. The predicted molar refractivity (Wildman–Crippen MR) is 70.5 cm³/mol. The number of Topliss-reactive ketones (excluding diaryl/α,β-unsaturated/α-hetero) is 1. The highest BCUT2D eigenvalue weighted by atomic mass is 16.5. The number of hydrogen-bond donors (Lipinski definition) is 0. The molecule has 0 aromatic heterocycles. The standard InChI is InChI=1S/C15H22O2/c1-11(2)12-8-6-7-9-13(12)17-10-14(16)15(3,4)5/h6-9,11H,10H2,1-5H3. The lowest BCUT2D eigenvalue weighted by molar-refractivity contribution is -0.128. The number of carbonyl (C=O) groups excluding carboxylic acids is 1. The monoisotopic (exact) mass is 234 g/mol. The maximum atomic E-state index is 11.8. The quantitative estimate of drug-likeness (QED) is 0.792. The Morgan fingerprint density at radius 3 is 2.35 bits per heavy atom. The third-order valence-electron chi connectivity index (χ3n) is 2.74. The smallest absolute Gasteiger partial charge is 0.175 e. The summed E-state index contributed by atoms with van der Waals surface area (Å²) in [4.78, 5) is 11.8. The van der Waals surface area contributed by atoms with Gasteiger partial charge in [-0.1, -0.05) is 52.8 Å². The van der Waals surface area contributed by atoms with Crippen LogP contribution in [-0.4, -0.2) is 12.4 Å². The van der Waals surface area contributed by atoms with Crippen molar-refractivity contribution in [1.29, 1.82) is 0 Å². The molecule has 2 nitrogen and oxygen atoms in total. The zero-order valence-corrected chi connectivity index (χ0v) is 11.4. The maximum Gasteiger partial charge on any atom is 0.175 e. The Bertz CT molecular complexity index is 386. The molecule has 0 saturated carbocycles. The Balaban J connectivity index is 2.73. The molecular weight excluding hydrogens is 212 g/mol. The molecule has 2 heteroatoms. The molecule has 0 radical (unpaired) electrons. The van der Waals surface area contributed by atoms with Gasteiger partial charge in [-0.05, 0) is 17.5 Å². The highest BCUT2D eigenvalue weighted by Crippen LogP contribution is 2.26. The van der Waals surface area contributed by atoms with Crippen LogP contribution in [-0.2, 0) is 4.79 Å². The second-order valence-electron chi connectivity index (χ2n) is 5.65. The molecule has 0 aliphatic heterocycles. The lowest BCUT2D eigenvalue weighted by Crippen LogP contribution is -2.26. The Morgan fingerprint density at radius 1 is 1.24 bits per heavy atom. The van der Waals surface area contributed by atoms with Crippen molar-refractivity contribution in [3.8, 4) is 5.75 Å². The summed E-state index contributed by atoms with van der Waals surface area (Å²) < 4.78 is 5.64. The van der Waals surface area contributed by atoms with Crippen molar-refractivity contribution in [3.05, 3.63) is 29.8 Å². The van der Waals surface area contributed by atoms with E-state index in [1.807, 2.05) is 45.0 Å². The molecule has 17 heavy (non-hydrogen) atoms. The van der Waals surface area contributed by atoms with Crippen molar-refractivity contribution in [3.63, 3.8) is 0 Å². The van der Waals surface area contributed by atoms with Crippen LogP contribution in [0.2, 0.25) is 0 Å². The molecule has 94 valence electrons. The topological polar surface area (TPSA) is 26.3 Å². The number of rotatable bonds is 4. The molecule has 0 N–H and O–H groups in total. The van der Waals surface area contributed by atoms with Crippen molar-refractivity contribution in [2.24, 2.45) is 5.41 Å². The van der Waals surface area contributed by atoms with Gasteiger partial charge in [-0.15, -0.1) is 0 Å². The van der Waals surface area contributed by atoms with E-state index >= 15 is 0 Å². The van der Waals surface area contributed by atoms with E-state index in [2.05, 4.69) is 13.8 Å². The fraction of sp³-hybridized carbons (Fsp3) is 0.533. The van der Waals surface area contributed by atoms with Crippen LogP contribution in [0.15, 0.2) is 24.3 Å². The third-order valence-corrected chi connectivity index (χ3v) is 2.74. The minimum absolute atomic E-state index is 0.121. The van der Waals surface area contributed by atoms with Crippen molar-refractivity contribution in [1.82, 2.24) is 0 Å². The fourth-order valence-corrected chi connectivity index (χ4v) is 1.45. The molecular formula is C15H22O2. The van der Waals surface area contributed by atoms with Gasteiger partial charge in [0.2, 0.25) is 0 Å². The minimum atomic E-state index is -0.341. The Kier molecular flexibility index (Phi) is 4.33. The summed E-state index contributed by atoms with van der Waals surface area (Å²) in [5.74, 6) is 1.34. The summed E-state index contributed by atoms with van der Waals surface area (Å²) >= 11 is 0.